The molecule has 156 valence electrons. The molecular weight excluding hydrogens is 413 g/mol. The molecule has 0 aliphatic heterocycles. The number of alkyl halides is 3. The van der Waals surface area contributed by atoms with Crippen LogP contribution < -0.4 is 10.6 Å². The number of nitrogens with one attached hydrogen (secondary N) is 2. The number of carbonyl (C=O) groups is 2. The minimum Gasteiger partial charge on any atom is -0.321 e. The molecule has 2 N–H and O–H groups in total. The number of fused-ring (bicyclic) bond motifs is 2. The molecule has 8 heteroatoms. The van der Waals surface area contributed by atoms with E-state index in [4.69, 9.17) is 0 Å². The topological polar surface area (TPSA) is 58.2 Å². The minimum absolute atomic E-state index is 0.0399. The van der Waals surface area contributed by atoms with E-state index in [-0.39, 0.29) is 10.6 Å². The lowest BCUT2D eigenvalue weighted by atomic mass is 10.0. The predicted octanol–water partition coefficient (Wildman–Crippen LogP) is 5.92. The van der Waals surface area contributed by atoms with Gasteiger partial charge in [0.15, 0.2) is 0 Å². The summed E-state index contributed by atoms with van der Waals surface area (Å²) in [7, 11) is 0. The van der Waals surface area contributed by atoms with Crippen molar-refractivity contribution >= 4 is 44.6 Å². The summed E-state index contributed by atoms with van der Waals surface area (Å²) in [6, 6.07) is 13.0. The number of carbonyl (C=O) groups excluding carboxylic acids is 2. The van der Waals surface area contributed by atoms with E-state index in [9.17, 15) is 22.8 Å². The fourth-order valence-corrected chi connectivity index (χ4v) is 5.05. The second-order valence-corrected chi connectivity index (χ2v) is 8.31. The number of anilines is 2. The Balaban J connectivity index is 1.73. The normalized spacial score (nSPS) is 14.1. The molecule has 4 rings (SSSR count). The van der Waals surface area contributed by atoms with Gasteiger partial charge in [0.25, 0.3) is 5.91 Å². The highest BCUT2D eigenvalue weighted by atomic mass is 32.1. The third-order valence-corrected chi connectivity index (χ3v) is 6.38. The van der Waals surface area contributed by atoms with E-state index < -0.39 is 18.0 Å². The maximum Gasteiger partial charge on any atom is 0.471 e. The highest BCUT2D eigenvalue weighted by molar-refractivity contribution is 7.17. The SMILES string of the molecule is O=C(Nc1cccc2ccccc12)c1c(NC(=O)C(F)(F)F)sc2c1CCCCC2. The Labute approximate surface area is 175 Å². The summed E-state index contributed by atoms with van der Waals surface area (Å²) in [5.74, 6) is -2.58. The molecule has 30 heavy (non-hydrogen) atoms. The van der Waals surface area contributed by atoms with Crippen LogP contribution in [0.4, 0.5) is 23.9 Å². The van der Waals surface area contributed by atoms with E-state index in [0.717, 1.165) is 51.8 Å². The molecule has 0 bridgehead atoms. The largest absolute Gasteiger partial charge is 0.471 e. The van der Waals surface area contributed by atoms with Gasteiger partial charge in [0, 0.05) is 16.0 Å². The Morgan fingerprint density at radius 2 is 1.63 bits per heavy atom. The number of aryl methyl sites for hydroxylation is 1. The Morgan fingerprint density at radius 3 is 2.43 bits per heavy atom. The minimum atomic E-state index is -5.02. The third-order valence-electron chi connectivity index (χ3n) is 5.17. The Morgan fingerprint density at radius 1 is 0.900 bits per heavy atom. The van der Waals surface area contributed by atoms with Gasteiger partial charge in [0.05, 0.1) is 5.56 Å². The Kier molecular flexibility index (Phi) is 5.51. The molecule has 3 aromatic rings. The zero-order chi connectivity index (χ0) is 21.3. The van der Waals surface area contributed by atoms with Gasteiger partial charge >= 0.3 is 12.1 Å². The molecule has 4 nitrogen and oxygen atoms in total. The first-order valence-corrected chi connectivity index (χ1v) is 10.5. The van der Waals surface area contributed by atoms with Gasteiger partial charge in [0.2, 0.25) is 0 Å². The molecule has 0 radical (unpaired) electrons. The highest BCUT2D eigenvalue weighted by Crippen LogP contribution is 2.39. The molecule has 0 saturated heterocycles. The first-order chi connectivity index (χ1) is 14.3. The lowest BCUT2D eigenvalue weighted by Gasteiger charge is -2.12. The predicted molar refractivity (Wildman–Crippen MR) is 112 cm³/mol. The quantitative estimate of drug-likeness (QED) is 0.505. The Bertz CT molecular complexity index is 1120. The molecule has 2 amide bonds. The summed E-state index contributed by atoms with van der Waals surface area (Å²) in [5.41, 5.74) is 1.45. The van der Waals surface area contributed by atoms with E-state index in [1.807, 2.05) is 35.6 Å². The monoisotopic (exact) mass is 432 g/mol. The summed E-state index contributed by atoms with van der Waals surface area (Å²) in [6.45, 7) is 0. The molecule has 1 heterocycles. The van der Waals surface area contributed by atoms with Crippen LogP contribution in [0.1, 0.15) is 40.1 Å². The van der Waals surface area contributed by atoms with Crippen LogP contribution >= 0.6 is 11.3 Å². The van der Waals surface area contributed by atoms with Crippen molar-refractivity contribution in [2.75, 3.05) is 10.6 Å². The number of hydrogen-bond donors (Lipinski definition) is 2. The summed E-state index contributed by atoms with van der Waals surface area (Å²) in [5, 5.41) is 6.50. The van der Waals surface area contributed by atoms with Gasteiger partial charge < -0.3 is 10.6 Å². The van der Waals surface area contributed by atoms with Crippen molar-refractivity contribution in [2.24, 2.45) is 0 Å². The van der Waals surface area contributed by atoms with E-state index >= 15 is 0 Å². The first-order valence-electron chi connectivity index (χ1n) is 9.66. The number of amides is 2. The fourth-order valence-electron chi connectivity index (χ4n) is 3.76. The van der Waals surface area contributed by atoms with Gasteiger partial charge in [-0.25, -0.2) is 0 Å². The van der Waals surface area contributed by atoms with Gasteiger partial charge in [-0.2, -0.15) is 13.2 Å². The maximum atomic E-state index is 13.2. The standard InChI is InChI=1S/C22H19F3N2O2S/c23-22(24,25)21(29)27-20-18(15-10-2-1-3-12-17(15)30-20)19(28)26-16-11-6-8-13-7-4-5-9-14(13)16/h4-9,11H,1-3,10,12H2,(H,26,28)(H,27,29). The average molecular weight is 432 g/mol. The second-order valence-electron chi connectivity index (χ2n) is 7.20. The molecule has 0 fully saturated rings. The number of rotatable bonds is 3. The summed E-state index contributed by atoms with van der Waals surface area (Å²) in [6.07, 6.45) is -0.973. The average Bonchev–Trinajstić information content (AvgIpc) is 2.88. The number of thiophene rings is 1. The molecule has 0 spiro atoms. The van der Waals surface area contributed by atoms with E-state index in [0.29, 0.717) is 18.5 Å². The van der Waals surface area contributed by atoms with E-state index in [2.05, 4.69) is 5.32 Å². The van der Waals surface area contributed by atoms with E-state index in [1.165, 1.54) is 0 Å². The van der Waals surface area contributed by atoms with Crippen LogP contribution in [0.3, 0.4) is 0 Å². The van der Waals surface area contributed by atoms with Crippen LogP contribution in [0.15, 0.2) is 42.5 Å². The van der Waals surface area contributed by atoms with Crippen LogP contribution in [-0.2, 0) is 17.6 Å². The molecular formula is C22H19F3N2O2S. The first kappa shape index (κ1) is 20.4. The van der Waals surface area contributed by atoms with Crippen molar-refractivity contribution in [3.8, 4) is 0 Å². The van der Waals surface area contributed by atoms with Crippen LogP contribution in [0.25, 0.3) is 10.8 Å². The second kappa shape index (κ2) is 8.10. The van der Waals surface area contributed by atoms with Crippen LogP contribution in [0.5, 0.6) is 0 Å². The van der Waals surface area contributed by atoms with Crippen LogP contribution in [0.2, 0.25) is 0 Å². The fraction of sp³-hybridized carbons (Fsp3) is 0.273. The lowest BCUT2D eigenvalue weighted by Crippen LogP contribution is -2.30. The van der Waals surface area contributed by atoms with Crippen molar-refractivity contribution in [3.63, 3.8) is 0 Å². The number of hydrogen-bond acceptors (Lipinski definition) is 3. The zero-order valence-corrected chi connectivity index (χ0v) is 16.8. The van der Waals surface area contributed by atoms with Gasteiger partial charge in [-0.1, -0.05) is 42.8 Å². The van der Waals surface area contributed by atoms with Gasteiger partial charge in [-0.3, -0.25) is 9.59 Å². The summed E-state index contributed by atoms with van der Waals surface area (Å²) in [4.78, 5) is 25.6. The van der Waals surface area contributed by atoms with Crippen molar-refractivity contribution < 1.29 is 22.8 Å². The zero-order valence-electron chi connectivity index (χ0n) is 15.9. The van der Waals surface area contributed by atoms with Gasteiger partial charge in [0.1, 0.15) is 5.00 Å². The third kappa shape index (κ3) is 4.05. The molecule has 2 aromatic carbocycles. The molecule has 0 saturated carbocycles. The molecule has 0 unspecified atom stereocenters. The van der Waals surface area contributed by atoms with Gasteiger partial charge in [-0.15, -0.1) is 11.3 Å². The smallest absolute Gasteiger partial charge is 0.321 e. The van der Waals surface area contributed by atoms with Crippen molar-refractivity contribution in [2.45, 2.75) is 38.3 Å². The Hall–Kier alpha value is -2.87. The highest BCUT2D eigenvalue weighted by Gasteiger charge is 2.40. The summed E-state index contributed by atoms with van der Waals surface area (Å²) < 4.78 is 38.5. The molecule has 1 aromatic heterocycles. The molecule has 1 aliphatic carbocycles. The van der Waals surface area contributed by atoms with Crippen molar-refractivity contribution in [3.05, 3.63) is 58.5 Å². The number of benzene rings is 2. The molecule has 1 aliphatic rings. The van der Waals surface area contributed by atoms with Crippen molar-refractivity contribution in [1.82, 2.24) is 0 Å². The van der Waals surface area contributed by atoms with E-state index in [1.54, 1.807) is 12.1 Å². The number of halogens is 3. The summed E-state index contributed by atoms with van der Waals surface area (Å²) >= 11 is 1.07. The van der Waals surface area contributed by atoms with Crippen LogP contribution in [-0.4, -0.2) is 18.0 Å². The molecule has 0 atom stereocenters. The van der Waals surface area contributed by atoms with Crippen LogP contribution in [0, 0.1) is 0 Å². The lowest BCUT2D eigenvalue weighted by molar-refractivity contribution is -0.167. The van der Waals surface area contributed by atoms with Gasteiger partial charge in [-0.05, 0) is 42.7 Å². The maximum absolute atomic E-state index is 13.2. The van der Waals surface area contributed by atoms with Crippen molar-refractivity contribution in [1.29, 1.82) is 0 Å².